The van der Waals surface area contributed by atoms with Gasteiger partial charge in [0.25, 0.3) is 0 Å². The summed E-state index contributed by atoms with van der Waals surface area (Å²) in [5.74, 6) is -0.154. The number of allylic oxidation sites excluding steroid dienone is 2. The average Bonchev–Trinajstić information content (AvgIpc) is 2.77. The van der Waals surface area contributed by atoms with E-state index in [0.717, 1.165) is 17.7 Å². The zero-order valence-electron chi connectivity index (χ0n) is 20.9. The van der Waals surface area contributed by atoms with Gasteiger partial charge < -0.3 is 14.2 Å². The Morgan fingerprint density at radius 3 is 2.21 bits per heavy atom. The van der Waals surface area contributed by atoms with Gasteiger partial charge in [-0.25, -0.2) is 4.79 Å². The average molecular weight is 456 g/mol. The number of nitriles is 1. The first-order valence-electron chi connectivity index (χ1n) is 11.2. The van der Waals surface area contributed by atoms with E-state index in [9.17, 15) is 14.9 Å². The van der Waals surface area contributed by atoms with Crippen LogP contribution < -0.4 is 4.74 Å². The van der Waals surface area contributed by atoms with Crippen molar-refractivity contribution in [3.05, 3.63) is 47.6 Å². The van der Waals surface area contributed by atoms with Crippen LogP contribution in [0.15, 0.2) is 42.0 Å². The highest BCUT2D eigenvalue weighted by atomic mass is 16.6. The quantitative estimate of drug-likeness (QED) is 0.139. The number of carbonyl (C=O) groups excluding carboxylic acids is 2. The molecule has 0 radical (unpaired) electrons. The summed E-state index contributed by atoms with van der Waals surface area (Å²) in [7, 11) is 1.59. The predicted molar refractivity (Wildman–Crippen MR) is 129 cm³/mol. The fourth-order valence-electron chi connectivity index (χ4n) is 3.63. The van der Waals surface area contributed by atoms with Gasteiger partial charge in [0.2, 0.25) is 0 Å². The van der Waals surface area contributed by atoms with Crippen molar-refractivity contribution in [1.82, 2.24) is 0 Å². The smallest absolute Gasteiger partial charge is 0.349 e. The molecule has 1 aromatic rings. The van der Waals surface area contributed by atoms with Crippen LogP contribution in [0.1, 0.15) is 59.9 Å². The van der Waals surface area contributed by atoms with Crippen LogP contribution in [0.25, 0.3) is 6.08 Å². The maximum Gasteiger partial charge on any atom is 0.349 e. The molecule has 6 nitrogen and oxygen atoms in total. The molecule has 0 aliphatic rings. The highest BCUT2D eigenvalue weighted by Gasteiger charge is 2.42. The molecule has 0 fully saturated rings. The molecule has 6 heteroatoms. The highest BCUT2D eigenvalue weighted by molar-refractivity contribution is 5.93. The van der Waals surface area contributed by atoms with Crippen LogP contribution in [-0.2, 0) is 19.1 Å². The largest absolute Gasteiger partial charge is 0.497 e. The second-order valence-corrected chi connectivity index (χ2v) is 9.56. The van der Waals surface area contributed by atoms with Crippen molar-refractivity contribution >= 4 is 18.0 Å². The first-order chi connectivity index (χ1) is 15.5. The number of hydrogen-bond donors (Lipinski definition) is 0. The molecule has 0 bridgehead atoms. The van der Waals surface area contributed by atoms with Gasteiger partial charge in [-0.05, 0) is 48.4 Å². The Morgan fingerprint density at radius 1 is 1.09 bits per heavy atom. The number of nitrogens with zero attached hydrogens (tertiary/aromatic N) is 1. The lowest BCUT2D eigenvalue weighted by Gasteiger charge is -2.38. The van der Waals surface area contributed by atoms with E-state index in [1.807, 2.05) is 37.3 Å². The first-order valence-corrected chi connectivity index (χ1v) is 11.2. The van der Waals surface area contributed by atoms with Crippen molar-refractivity contribution in [2.45, 2.75) is 54.4 Å². The van der Waals surface area contributed by atoms with Gasteiger partial charge in [0, 0.05) is 0 Å². The first kappa shape index (κ1) is 28.0. The van der Waals surface area contributed by atoms with Crippen LogP contribution in [0.4, 0.5) is 0 Å². The van der Waals surface area contributed by atoms with Crippen molar-refractivity contribution in [2.24, 2.45) is 16.7 Å². The standard InChI is InChI=1S/C27H37NO5/c1-8-20(2)27(6,19-26(3,4)5)25(30)33-17-16-32-24(29)22(18-28)11-9-10-21-12-14-23(31-7)15-13-21/h9-15,20H,8,16-17,19H2,1-7H3. The Labute approximate surface area is 198 Å². The minimum absolute atomic E-state index is 0.0322. The lowest BCUT2D eigenvalue weighted by molar-refractivity contribution is -0.163. The molecular formula is C27H37NO5. The van der Waals surface area contributed by atoms with Crippen molar-refractivity contribution in [3.63, 3.8) is 0 Å². The molecule has 0 amide bonds. The normalized spacial score (nSPS) is 14.8. The Balaban J connectivity index is 2.63. The molecule has 0 saturated carbocycles. The molecule has 0 spiro atoms. The fraction of sp³-hybridized carbons (Fsp3) is 0.519. The number of esters is 2. The van der Waals surface area contributed by atoms with Crippen molar-refractivity contribution in [2.75, 3.05) is 20.3 Å². The summed E-state index contributed by atoms with van der Waals surface area (Å²) in [6, 6.07) is 9.18. The minimum atomic E-state index is -0.757. The summed E-state index contributed by atoms with van der Waals surface area (Å²) in [5.41, 5.74) is 0.101. The molecule has 0 heterocycles. The molecular weight excluding hydrogens is 418 g/mol. The SMILES string of the molecule is CCC(C)C(C)(CC(C)(C)C)C(=O)OCCOC(=O)C(C#N)=CC=Cc1ccc(OC)cc1. The third-order valence-corrected chi connectivity index (χ3v) is 5.62. The second-order valence-electron chi connectivity index (χ2n) is 9.56. The molecule has 2 atom stereocenters. The van der Waals surface area contributed by atoms with E-state index in [4.69, 9.17) is 14.2 Å². The van der Waals surface area contributed by atoms with Gasteiger partial charge in [0.15, 0.2) is 0 Å². The third kappa shape index (κ3) is 9.13. The van der Waals surface area contributed by atoms with E-state index in [2.05, 4.69) is 34.6 Å². The van der Waals surface area contributed by atoms with Crippen LogP contribution in [0.3, 0.4) is 0 Å². The summed E-state index contributed by atoms with van der Waals surface area (Å²) in [4.78, 5) is 25.0. The van der Waals surface area contributed by atoms with Crippen LogP contribution in [0, 0.1) is 28.1 Å². The topological polar surface area (TPSA) is 85.6 Å². The summed E-state index contributed by atoms with van der Waals surface area (Å²) >= 11 is 0. The molecule has 0 saturated heterocycles. The monoisotopic (exact) mass is 455 g/mol. The second kappa shape index (κ2) is 12.8. The summed E-state index contributed by atoms with van der Waals surface area (Å²) in [6.45, 7) is 12.2. The lowest BCUT2D eigenvalue weighted by atomic mass is 9.67. The summed E-state index contributed by atoms with van der Waals surface area (Å²) in [6.07, 6.45) is 6.30. The van der Waals surface area contributed by atoms with Gasteiger partial charge in [0.05, 0.1) is 12.5 Å². The molecule has 0 aromatic heterocycles. The van der Waals surface area contributed by atoms with E-state index >= 15 is 0 Å². The molecule has 1 rings (SSSR count). The van der Waals surface area contributed by atoms with Gasteiger partial charge in [0.1, 0.15) is 30.6 Å². The van der Waals surface area contributed by atoms with Crippen molar-refractivity contribution in [1.29, 1.82) is 5.26 Å². The molecule has 0 N–H and O–H groups in total. The van der Waals surface area contributed by atoms with Crippen LogP contribution in [-0.4, -0.2) is 32.3 Å². The van der Waals surface area contributed by atoms with Crippen LogP contribution in [0.5, 0.6) is 5.75 Å². The number of hydrogen-bond acceptors (Lipinski definition) is 6. The number of carbonyl (C=O) groups is 2. The molecule has 0 aliphatic heterocycles. The summed E-state index contributed by atoms with van der Waals surface area (Å²) in [5, 5.41) is 9.25. The fourth-order valence-corrected chi connectivity index (χ4v) is 3.63. The van der Waals surface area contributed by atoms with E-state index in [1.54, 1.807) is 19.3 Å². The minimum Gasteiger partial charge on any atom is -0.497 e. The number of ether oxygens (including phenoxy) is 3. The van der Waals surface area contributed by atoms with Crippen LogP contribution >= 0.6 is 0 Å². The molecule has 0 aliphatic carbocycles. The van der Waals surface area contributed by atoms with Crippen LogP contribution in [0.2, 0.25) is 0 Å². The Kier molecular flexibility index (Phi) is 10.9. The predicted octanol–water partition coefficient (Wildman–Crippen LogP) is 5.73. The van der Waals surface area contributed by atoms with E-state index in [1.165, 1.54) is 6.08 Å². The van der Waals surface area contributed by atoms with E-state index in [-0.39, 0.29) is 36.1 Å². The molecule has 33 heavy (non-hydrogen) atoms. The maximum atomic E-state index is 12.9. The van der Waals surface area contributed by atoms with Crippen molar-refractivity contribution in [3.8, 4) is 11.8 Å². The van der Waals surface area contributed by atoms with E-state index in [0.29, 0.717) is 6.42 Å². The Hall–Kier alpha value is -3.07. The zero-order valence-corrected chi connectivity index (χ0v) is 20.9. The number of rotatable bonds is 11. The maximum absolute atomic E-state index is 12.9. The molecule has 2 unspecified atom stereocenters. The Morgan fingerprint density at radius 2 is 1.70 bits per heavy atom. The highest BCUT2D eigenvalue weighted by Crippen LogP contribution is 2.41. The number of methoxy groups -OCH3 is 1. The van der Waals surface area contributed by atoms with Gasteiger partial charge in [-0.3, -0.25) is 4.79 Å². The van der Waals surface area contributed by atoms with Gasteiger partial charge in [-0.2, -0.15) is 5.26 Å². The van der Waals surface area contributed by atoms with Crippen molar-refractivity contribution < 1.29 is 23.8 Å². The Bertz CT molecular complexity index is 887. The number of benzene rings is 1. The van der Waals surface area contributed by atoms with E-state index < -0.39 is 11.4 Å². The van der Waals surface area contributed by atoms with Gasteiger partial charge >= 0.3 is 11.9 Å². The van der Waals surface area contributed by atoms with Gasteiger partial charge in [-0.15, -0.1) is 0 Å². The zero-order chi connectivity index (χ0) is 25.1. The third-order valence-electron chi connectivity index (χ3n) is 5.62. The molecule has 180 valence electrons. The summed E-state index contributed by atoms with van der Waals surface area (Å²) < 4.78 is 15.7. The van der Waals surface area contributed by atoms with Gasteiger partial charge in [-0.1, -0.05) is 65.3 Å². The molecule has 1 aromatic carbocycles. The lowest BCUT2D eigenvalue weighted by Crippen LogP contribution is -2.39.